The summed E-state index contributed by atoms with van der Waals surface area (Å²) in [5.41, 5.74) is 1.63. The van der Waals surface area contributed by atoms with Crippen molar-refractivity contribution in [3.8, 4) is 0 Å². The van der Waals surface area contributed by atoms with Crippen molar-refractivity contribution in [1.29, 1.82) is 0 Å². The first-order valence-electron chi connectivity index (χ1n) is 10.00. The number of benzene rings is 1. The minimum absolute atomic E-state index is 0.529. The number of fused-ring (bicyclic) bond motifs is 1. The zero-order chi connectivity index (χ0) is 16.5. The fourth-order valence-corrected chi connectivity index (χ4v) is 13.0. The van der Waals surface area contributed by atoms with E-state index in [1.807, 2.05) is 0 Å². The van der Waals surface area contributed by atoms with Crippen LogP contribution in [0, 0.1) is 5.92 Å². The van der Waals surface area contributed by atoms with E-state index in [-0.39, 0.29) is 0 Å². The number of rotatable bonds is 6. The van der Waals surface area contributed by atoms with Crippen LogP contribution in [-0.2, 0) is 0 Å². The molecule has 1 aromatic rings. The summed E-state index contributed by atoms with van der Waals surface area (Å²) in [6, 6.07) is 11.5. The van der Waals surface area contributed by atoms with Crippen LogP contribution in [0.25, 0.3) is 0 Å². The van der Waals surface area contributed by atoms with Gasteiger partial charge in [0.25, 0.3) is 0 Å². The van der Waals surface area contributed by atoms with Gasteiger partial charge in [-0.25, -0.2) is 0 Å². The normalized spacial score (nSPS) is 32.2. The van der Waals surface area contributed by atoms with Crippen LogP contribution in [0.1, 0.15) is 58.4 Å². The van der Waals surface area contributed by atoms with Crippen LogP contribution in [0.4, 0.5) is 0 Å². The topological polar surface area (TPSA) is 3.24 Å². The van der Waals surface area contributed by atoms with Crippen LogP contribution < -0.4 is 0 Å². The van der Waals surface area contributed by atoms with Crippen LogP contribution in [-0.4, -0.2) is 41.8 Å². The van der Waals surface area contributed by atoms with Gasteiger partial charge >= 0.3 is 144 Å². The second kappa shape index (κ2) is 6.85. The van der Waals surface area contributed by atoms with E-state index in [0.717, 1.165) is 11.8 Å². The molecule has 2 heterocycles. The van der Waals surface area contributed by atoms with E-state index in [0.29, 0.717) is 5.28 Å². The molecule has 0 amide bonds. The van der Waals surface area contributed by atoms with Crippen LogP contribution >= 0.6 is 7.26 Å². The van der Waals surface area contributed by atoms with Gasteiger partial charge in [-0.15, -0.1) is 0 Å². The van der Waals surface area contributed by atoms with Crippen molar-refractivity contribution in [2.75, 3.05) is 31.6 Å². The van der Waals surface area contributed by atoms with E-state index in [2.05, 4.69) is 62.9 Å². The maximum atomic E-state index is 2.99. The quantitative estimate of drug-likeness (QED) is 0.629. The number of nitrogens with zero attached hydrogens (tertiary/aromatic N) is 1. The molecule has 0 aromatic heterocycles. The molecule has 3 rings (SSSR count). The van der Waals surface area contributed by atoms with E-state index >= 15 is 0 Å². The third kappa shape index (κ3) is 2.34. The van der Waals surface area contributed by atoms with Crippen LogP contribution in [0.2, 0.25) is 0 Å². The van der Waals surface area contributed by atoms with Gasteiger partial charge in [0.05, 0.1) is 0 Å². The third-order valence-corrected chi connectivity index (χ3v) is 14.5. The fraction of sp³-hybridized carbons (Fsp3) is 0.714. The second-order valence-corrected chi connectivity index (χ2v) is 13.3. The molecular weight excluding hydrogens is 297 g/mol. The molecule has 0 aliphatic carbocycles. The van der Waals surface area contributed by atoms with Gasteiger partial charge in [0.2, 0.25) is 0 Å². The van der Waals surface area contributed by atoms with Gasteiger partial charge in [-0.2, -0.15) is 0 Å². The summed E-state index contributed by atoms with van der Waals surface area (Å²) < 4.78 is 0. The molecule has 3 atom stereocenters. The standard InChI is InChI=1S/C21H36NP/c1-5-19-14-16-22-17-15-20(18-12-10-9-11-13-18)21(19,22)23(6-2,7-3)8-4/h9-13,19-20,23H,5-8,14-17H2,1-4H3. The zero-order valence-corrected chi connectivity index (χ0v) is 16.6. The molecule has 0 saturated carbocycles. The Bertz CT molecular complexity index is 502. The summed E-state index contributed by atoms with van der Waals surface area (Å²) in [7, 11) is -1.34. The Morgan fingerprint density at radius 1 is 0.957 bits per heavy atom. The Balaban J connectivity index is 2.17. The average molecular weight is 334 g/mol. The van der Waals surface area contributed by atoms with E-state index in [4.69, 9.17) is 0 Å². The van der Waals surface area contributed by atoms with E-state index in [1.165, 1.54) is 50.8 Å². The first-order valence-corrected chi connectivity index (χ1v) is 12.6. The molecule has 0 N–H and O–H groups in total. The molecule has 0 radical (unpaired) electrons. The predicted octanol–water partition coefficient (Wildman–Crippen LogP) is 5.41. The Morgan fingerprint density at radius 2 is 1.57 bits per heavy atom. The molecule has 1 nitrogen and oxygen atoms in total. The minimum atomic E-state index is -1.34. The first kappa shape index (κ1) is 17.4. The molecule has 2 heteroatoms. The molecule has 2 aliphatic rings. The second-order valence-electron chi connectivity index (χ2n) is 7.80. The SMILES string of the molecule is CCC1CCN2CCC(c3ccccc3)C12[PH](CC)(CC)CC. The Labute approximate surface area is 144 Å². The van der Waals surface area contributed by atoms with Crippen molar-refractivity contribution in [2.45, 2.75) is 58.2 Å². The van der Waals surface area contributed by atoms with E-state index in [1.54, 1.807) is 5.56 Å². The molecule has 2 saturated heterocycles. The third-order valence-electron chi connectivity index (χ3n) is 7.69. The van der Waals surface area contributed by atoms with Crippen LogP contribution in [0.5, 0.6) is 0 Å². The van der Waals surface area contributed by atoms with Gasteiger partial charge in [0.15, 0.2) is 0 Å². The van der Waals surface area contributed by atoms with Gasteiger partial charge in [0, 0.05) is 0 Å². The Hall–Kier alpha value is -0.390. The molecule has 2 aliphatic heterocycles. The molecule has 3 unspecified atom stereocenters. The van der Waals surface area contributed by atoms with Crippen molar-refractivity contribution in [3.63, 3.8) is 0 Å². The summed E-state index contributed by atoms with van der Waals surface area (Å²) in [6.07, 6.45) is 8.56. The van der Waals surface area contributed by atoms with Gasteiger partial charge in [-0.05, 0) is 0 Å². The van der Waals surface area contributed by atoms with Crippen molar-refractivity contribution in [2.24, 2.45) is 5.92 Å². The Morgan fingerprint density at radius 3 is 2.13 bits per heavy atom. The van der Waals surface area contributed by atoms with Crippen LogP contribution in [0.3, 0.4) is 0 Å². The molecule has 130 valence electrons. The van der Waals surface area contributed by atoms with Crippen molar-refractivity contribution in [3.05, 3.63) is 35.9 Å². The van der Waals surface area contributed by atoms with Gasteiger partial charge in [-0.1, -0.05) is 0 Å². The van der Waals surface area contributed by atoms with Gasteiger partial charge in [0.1, 0.15) is 0 Å². The molecule has 0 spiro atoms. The summed E-state index contributed by atoms with van der Waals surface area (Å²) >= 11 is 0. The van der Waals surface area contributed by atoms with Gasteiger partial charge < -0.3 is 0 Å². The first-order chi connectivity index (χ1) is 11.2. The van der Waals surface area contributed by atoms with Crippen molar-refractivity contribution >= 4 is 7.26 Å². The Kier molecular flexibility index (Phi) is 5.19. The fourth-order valence-electron chi connectivity index (χ4n) is 6.64. The molecule has 0 bridgehead atoms. The number of hydrogen-bond donors (Lipinski definition) is 0. The molecule has 23 heavy (non-hydrogen) atoms. The van der Waals surface area contributed by atoms with Crippen molar-refractivity contribution < 1.29 is 0 Å². The zero-order valence-electron chi connectivity index (χ0n) is 15.6. The molecule has 1 aromatic carbocycles. The summed E-state index contributed by atoms with van der Waals surface area (Å²) in [5, 5.41) is 0.529. The molecule has 2 fully saturated rings. The van der Waals surface area contributed by atoms with Crippen molar-refractivity contribution in [1.82, 2.24) is 4.90 Å². The summed E-state index contributed by atoms with van der Waals surface area (Å²) in [5.74, 6) is 1.70. The van der Waals surface area contributed by atoms with E-state index < -0.39 is 7.26 Å². The van der Waals surface area contributed by atoms with Gasteiger partial charge in [-0.3, -0.25) is 0 Å². The molecular formula is C21H36NP. The summed E-state index contributed by atoms with van der Waals surface area (Å²) in [4.78, 5) is 2.99. The number of hydrogen-bond acceptors (Lipinski definition) is 1. The van der Waals surface area contributed by atoms with E-state index in [9.17, 15) is 0 Å². The maximum absolute atomic E-state index is 2.99. The van der Waals surface area contributed by atoms with Crippen LogP contribution in [0.15, 0.2) is 30.3 Å². The monoisotopic (exact) mass is 333 g/mol. The average Bonchev–Trinajstić information content (AvgIpc) is 3.15. The summed E-state index contributed by atoms with van der Waals surface area (Å²) in [6.45, 7) is 12.7. The predicted molar refractivity (Wildman–Crippen MR) is 106 cm³/mol.